The summed E-state index contributed by atoms with van der Waals surface area (Å²) in [4.78, 5) is 4.44. The highest BCUT2D eigenvalue weighted by atomic mass is 16.5. The van der Waals surface area contributed by atoms with Crippen LogP contribution < -0.4 is 5.73 Å². The summed E-state index contributed by atoms with van der Waals surface area (Å²) in [6.07, 6.45) is 9.89. The van der Waals surface area contributed by atoms with Gasteiger partial charge in [-0.2, -0.15) is 4.98 Å². The minimum Gasteiger partial charge on any atom is -0.399 e. The fraction of sp³-hybridized carbons (Fsp3) is 0.529. The molecular weight excluding hydrogens is 262 g/mol. The summed E-state index contributed by atoms with van der Waals surface area (Å²) in [6.45, 7) is 2.24. The summed E-state index contributed by atoms with van der Waals surface area (Å²) in [5.74, 6) is 1.38. The van der Waals surface area contributed by atoms with E-state index in [9.17, 15) is 0 Å². The van der Waals surface area contributed by atoms with Gasteiger partial charge in [-0.1, -0.05) is 50.6 Å². The van der Waals surface area contributed by atoms with E-state index in [2.05, 4.69) is 17.1 Å². The number of anilines is 1. The molecule has 0 aliphatic heterocycles. The van der Waals surface area contributed by atoms with E-state index in [1.165, 1.54) is 38.5 Å². The fourth-order valence-electron chi connectivity index (χ4n) is 2.34. The van der Waals surface area contributed by atoms with Crippen molar-refractivity contribution < 1.29 is 4.52 Å². The van der Waals surface area contributed by atoms with Crippen molar-refractivity contribution in [2.45, 2.75) is 58.3 Å². The summed E-state index contributed by atoms with van der Waals surface area (Å²) in [6, 6.07) is 7.53. The molecule has 4 heteroatoms. The molecule has 0 spiro atoms. The predicted octanol–water partition coefficient (Wildman–Crippen LogP) is 4.61. The zero-order valence-corrected chi connectivity index (χ0v) is 12.8. The molecular formula is C17H25N3O. The zero-order valence-electron chi connectivity index (χ0n) is 12.8. The number of hydrogen-bond donors (Lipinski definition) is 1. The first kappa shape index (κ1) is 15.5. The lowest BCUT2D eigenvalue weighted by molar-refractivity contribution is 0.373. The molecule has 0 saturated heterocycles. The number of benzene rings is 1. The van der Waals surface area contributed by atoms with Gasteiger partial charge in [-0.15, -0.1) is 0 Å². The molecule has 0 atom stereocenters. The molecule has 2 N–H and O–H groups in total. The second-order valence-corrected chi connectivity index (χ2v) is 5.51. The van der Waals surface area contributed by atoms with Crippen molar-refractivity contribution in [2.75, 3.05) is 5.73 Å². The first-order valence-electron chi connectivity index (χ1n) is 7.98. The number of nitrogens with zero attached hydrogens (tertiary/aromatic N) is 2. The van der Waals surface area contributed by atoms with Gasteiger partial charge in [-0.05, 0) is 30.7 Å². The molecule has 21 heavy (non-hydrogen) atoms. The third-order valence-electron chi connectivity index (χ3n) is 3.63. The SMILES string of the molecule is CCCCCCCCCc1nc(-c2ccc(N)cc2)no1. The van der Waals surface area contributed by atoms with Crippen LogP contribution in [-0.2, 0) is 6.42 Å². The standard InChI is InChI=1S/C17H25N3O/c1-2-3-4-5-6-7-8-9-16-19-17(20-21-16)14-10-12-15(18)13-11-14/h10-13H,2-9,18H2,1H3. The van der Waals surface area contributed by atoms with Crippen LogP contribution in [0.15, 0.2) is 28.8 Å². The molecule has 2 rings (SSSR count). The highest BCUT2D eigenvalue weighted by molar-refractivity contribution is 5.57. The van der Waals surface area contributed by atoms with Gasteiger partial charge in [0.2, 0.25) is 11.7 Å². The van der Waals surface area contributed by atoms with Gasteiger partial charge in [0.05, 0.1) is 0 Å². The average molecular weight is 287 g/mol. The average Bonchev–Trinajstić information content (AvgIpc) is 2.96. The van der Waals surface area contributed by atoms with Gasteiger partial charge < -0.3 is 10.3 Å². The maximum Gasteiger partial charge on any atom is 0.226 e. The number of nitrogens with two attached hydrogens (primary N) is 1. The van der Waals surface area contributed by atoms with E-state index in [0.29, 0.717) is 5.82 Å². The summed E-state index contributed by atoms with van der Waals surface area (Å²) < 4.78 is 5.30. The van der Waals surface area contributed by atoms with Gasteiger partial charge in [0.15, 0.2) is 0 Å². The number of unbranched alkanes of at least 4 members (excludes halogenated alkanes) is 6. The maximum atomic E-state index is 5.67. The normalized spacial score (nSPS) is 10.9. The lowest BCUT2D eigenvalue weighted by atomic mass is 10.1. The Labute approximate surface area is 126 Å². The monoisotopic (exact) mass is 287 g/mol. The van der Waals surface area contributed by atoms with Crippen molar-refractivity contribution in [3.63, 3.8) is 0 Å². The predicted molar refractivity (Wildman–Crippen MR) is 85.8 cm³/mol. The molecule has 2 aromatic rings. The quantitative estimate of drug-likeness (QED) is 0.540. The van der Waals surface area contributed by atoms with E-state index in [-0.39, 0.29) is 0 Å². The summed E-state index contributed by atoms with van der Waals surface area (Å²) in [7, 11) is 0. The molecule has 0 radical (unpaired) electrons. The summed E-state index contributed by atoms with van der Waals surface area (Å²) in [5, 5.41) is 4.03. The van der Waals surface area contributed by atoms with Crippen molar-refractivity contribution in [2.24, 2.45) is 0 Å². The second kappa shape index (κ2) is 8.45. The van der Waals surface area contributed by atoms with E-state index in [0.717, 1.165) is 30.0 Å². The number of aryl methyl sites for hydroxylation is 1. The lowest BCUT2D eigenvalue weighted by Gasteiger charge is -1.98. The zero-order chi connectivity index (χ0) is 14.9. The molecule has 0 saturated carbocycles. The van der Waals surface area contributed by atoms with Gasteiger partial charge in [-0.3, -0.25) is 0 Å². The molecule has 0 aliphatic rings. The maximum absolute atomic E-state index is 5.67. The molecule has 114 valence electrons. The van der Waals surface area contributed by atoms with Crippen LogP contribution in [-0.4, -0.2) is 10.1 Å². The Morgan fingerprint density at radius 2 is 1.62 bits per heavy atom. The van der Waals surface area contributed by atoms with Crippen LogP contribution in [0.3, 0.4) is 0 Å². The van der Waals surface area contributed by atoms with Crippen LogP contribution in [0.2, 0.25) is 0 Å². The number of rotatable bonds is 9. The van der Waals surface area contributed by atoms with E-state index in [1.54, 1.807) is 0 Å². The van der Waals surface area contributed by atoms with Gasteiger partial charge in [0, 0.05) is 17.7 Å². The highest BCUT2D eigenvalue weighted by Crippen LogP contribution is 2.18. The molecule has 1 aromatic carbocycles. The summed E-state index contributed by atoms with van der Waals surface area (Å²) >= 11 is 0. The van der Waals surface area contributed by atoms with Gasteiger partial charge in [0.1, 0.15) is 0 Å². The molecule has 0 aliphatic carbocycles. The van der Waals surface area contributed by atoms with Crippen LogP contribution in [0.5, 0.6) is 0 Å². The second-order valence-electron chi connectivity index (χ2n) is 5.51. The van der Waals surface area contributed by atoms with Gasteiger partial charge >= 0.3 is 0 Å². The van der Waals surface area contributed by atoms with Gasteiger partial charge in [-0.25, -0.2) is 0 Å². The molecule has 0 fully saturated rings. The van der Waals surface area contributed by atoms with E-state index in [1.807, 2.05) is 24.3 Å². The molecule has 0 bridgehead atoms. The smallest absolute Gasteiger partial charge is 0.226 e. The Bertz CT molecular complexity index is 519. The molecule has 4 nitrogen and oxygen atoms in total. The Balaban J connectivity index is 1.72. The van der Waals surface area contributed by atoms with Gasteiger partial charge in [0.25, 0.3) is 0 Å². The van der Waals surface area contributed by atoms with Crippen molar-refractivity contribution in [1.29, 1.82) is 0 Å². The van der Waals surface area contributed by atoms with E-state index < -0.39 is 0 Å². The lowest BCUT2D eigenvalue weighted by Crippen LogP contribution is -1.88. The third kappa shape index (κ3) is 5.21. The van der Waals surface area contributed by atoms with Crippen LogP contribution in [0.1, 0.15) is 57.8 Å². The summed E-state index contributed by atoms with van der Waals surface area (Å²) in [5.41, 5.74) is 7.35. The first-order valence-corrected chi connectivity index (χ1v) is 7.98. The van der Waals surface area contributed by atoms with Crippen LogP contribution in [0, 0.1) is 0 Å². The van der Waals surface area contributed by atoms with E-state index >= 15 is 0 Å². The topological polar surface area (TPSA) is 64.9 Å². The van der Waals surface area contributed by atoms with Crippen molar-refractivity contribution >= 4 is 5.69 Å². The van der Waals surface area contributed by atoms with Crippen LogP contribution in [0.25, 0.3) is 11.4 Å². The Kier molecular flexibility index (Phi) is 6.25. The first-order chi connectivity index (χ1) is 10.3. The molecule has 1 heterocycles. The van der Waals surface area contributed by atoms with Crippen LogP contribution in [0.4, 0.5) is 5.69 Å². The minimum atomic E-state index is 0.646. The fourth-order valence-corrected chi connectivity index (χ4v) is 2.34. The number of nitrogen functional groups attached to an aromatic ring is 1. The molecule has 0 unspecified atom stereocenters. The largest absolute Gasteiger partial charge is 0.399 e. The number of hydrogen-bond acceptors (Lipinski definition) is 4. The van der Waals surface area contributed by atoms with Crippen LogP contribution >= 0.6 is 0 Å². The van der Waals surface area contributed by atoms with Crippen molar-refractivity contribution in [3.8, 4) is 11.4 Å². The molecule has 0 amide bonds. The third-order valence-corrected chi connectivity index (χ3v) is 3.63. The Hall–Kier alpha value is -1.84. The van der Waals surface area contributed by atoms with Crippen molar-refractivity contribution in [1.82, 2.24) is 10.1 Å². The Morgan fingerprint density at radius 3 is 2.33 bits per heavy atom. The van der Waals surface area contributed by atoms with E-state index in [4.69, 9.17) is 10.3 Å². The Morgan fingerprint density at radius 1 is 0.952 bits per heavy atom. The van der Waals surface area contributed by atoms with Crippen molar-refractivity contribution in [3.05, 3.63) is 30.2 Å². The molecule has 1 aromatic heterocycles. The minimum absolute atomic E-state index is 0.646. The highest BCUT2D eigenvalue weighted by Gasteiger charge is 2.08. The number of aromatic nitrogens is 2.